The molecule has 0 rings (SSSR count). The van der Waals surface area contributed by atoms with Gasteiger partial charge in [-0.2, -0.15) is 0 Å². The van der Waals surface area contributed by atoms with Gasteiger partial charge in [0.2, 0.25) is 0 Å². The third-order valence-corrected chi connectivity index (χ3v) is 2.36. The van der Waals surface area contributed by atoms with Crippen molar-refractivity contribution in [3.63, 3.8) is 0 Å². The van der Waals surface area contributed by atoms with Gasteiger partial charge >= 0.3 is 6.09 Å². The first kappa shape index (κ1) is 19.9. The highest BCUT2D eigenvalue weighted by Gasteiger charge is 2.24. The number of unbranched alkanes of at least 4 members (excludes halogenated alkanes) is 1. The average Bonchev–Trinajstić information content (AvgIpc) is 2.24. The third-order valence-electron chi connectivity index (χ3n) is 2.36. The first-order valence-corrected chi connectivity index (χ1v) is 7.25. The second kappa shape index (κ2) is 9.00. The zero-order chi connectivity index (χ0) is 16.5. The Hall–Kier alpha value is -1.14. The van der Waals surface area contributed by atoms with Gasteiger partial charge < -0.3 is 15.2 Å². The summed E-state index contributed by atoms with van der Waals surface area (Å²) in [7, 11) is 0. The molecule has 0 aliphatic carbocycles. The summed E-state index contributed by atoms with van der Waals surface area (Å²) >= 11 is 0. The largest absolute Gasteiger partial charge is 0.444 e. The Labute approximate surface area is 127 Å². The number of alkyl carbamates (subject to hydrolysis) is 1. The molecule has 3 N–H and O–H groups in total. The Bertz CT molecular complexity index is 349. The number of carbonyl (C=O) groups excluding carboxylic acids is 1. The van der Waals surface area contributed by atoms with Crippen LogP contribution in [-0.4, -0.2) is 30.6 Å². The SMILES string of the molecule is CC(C)(C)OC(=O)NC(C)(C)OCCC/C=C(/F)CCN. The third kappa shape index (κ3) is 12.3. The highest BCUT2D eigenvalue weighted by atomic mass is 19.1. The number of nitrogens with one attached hydrogen (secondary N) is 1. The van der Waals surface area contributed by atoms with Crippen LogP contribution in [0.5, 0.6) is 0 Å². The van der Waals surface area contributed by atoms with Gasteiger partial charge in [-0.3, -0.25) is 5.32 Å². The predicted octanol–water partition coefficient (Wildman–Crippen LogP) is 3.25. The van der Waals surface area contributed by atoms with E-state index in [2.05, 4.69) is 5.32 Å². The van der Waals surface area contributed by atoms with E-state index >= 15 is 0 Å². The molecule has 0 saturated heterocycles. The number of rotatable bonds is 8. The molecular formula is C15H29FN2O3. The number of hydrogen-bond donors (Lipinski definition) is 2. The van der Waals surface area contributed by atoms with Crippen LogP contribution >= 0.6 is 0 Å². The molecule has 0 unspecified atom stereocenters. The Morgan fingerprint density at radius 2 is 1.90 bits per heavy atom. The van der Waals surface area contributed by atoms with Gasteiger partial charge in [-0.15, -0.1) is 0 Å². The molecule has 0 radical (unpaired) electrons. The van der Waals surface area contributed by atoms with Crippen LogP contribution in [0.2, 0.25) is 0 Å². The van der Waals surface area contributed by atoms with E-state index in [1.165, 1.54) is 6.08 Å². The van der Waals surface area contributed by atoms with Crippen LogP contribution in [0.3, 0.4) is 0 Å². The van der Waals surface area contributed by atoms with Crippen molar-refractivity contribution in [1.29, 1.82) is 0 Å². The fourth-order valence-corrected chi connectivity index (χ4v) is 1.49. The lowest BCUT2D eigenvalue weighted by Crippen LogP contribution is -2.47. The van der Waals surface area contributed by atoms with Crippen LogP contribution in [-0.2, 0) is 9.47 Å². The standard InChI is InChI=1S/C15H29FN2O3/c1-14(2,3)21-13(19)18-15(4,5)20-11-7-6-8-12(16)9-10-17/h8H,6-7,9-11,17H2,1-5H3,(H,18,19)/b12-8+. The Morgan fingerprint density at radius 1 is 1.29 bits per heavy atom. The lowest BCUT2D eigenvalue weighted by Gasteiger charge is -2.28. The summed E-state index contributed by atoms with van der Waals surface area (Å²) in [4.78, 5) is 11.6. The summed E-state index contributed by atoms with van der Waals surface area (Å²) < 4.78 is 23.8. The smallest absolute Gasteiger partial charge is 0.409 e. The maximum absolute atomic E-state index is 13.1. The zero-order valence-corrected chi connectivity index (χ0v) is 13.8. The molecule has 21 heavy (non-hydrogen) atoms. The first-order valence-electron chi connectivity index (χ1n) is 7.25. The summed E-state index contributed by atoms with van der Waals surface area (Å²) in [5.74, 6) is -0.191. The van der Waals surface area contributed by atoms with Crippen LogP contribution in [0.25, 0.3) is 0 Å². The van der Waals surface area contributed by atoms with E-state index in [1.54, 1.807) is 34.6 Å². The quantitative estimate of drug-likeness (QED) is 0.533. The minimum absolute atomic E-state index is 0.191. The maximum atomic E-state index is 13.1. The van der Waals surface area contributed by atoms with Crippen molar-refractivity contribution in [3.05, 3.63) is 11.9 Å². The highest BCUT2D eigenvalue weighted by molar-refractivity contribution is 5.68. The topological polar surface area (TPSA) is 73.6 Å². The number of allylic oxidation sites excluding steroid dienone is 1. The normalized spacial score (nSPS) is 13.2. The maximum Gasteiger partial charge on any atom is 0.409 e. The molecule has 6 heteroatoms. The van der Waals surface area contributed by atoms with Crippen LogP contribution < -0.4 is 11.1 Å². The summed E-state index contributed by atoms with van der Waals surface area (Å²) in [6.07, 6.45) is 2.50. The van der Waals surface area contributed by atoms with Crippen LogP contribution in [0.15, 0.2) is 11.9 Å². The first-order chi connectivity index (χ1) is 9.56. The van der Waals surface area contributed by atoms with E-state index in [4.69, 9.17) is 15.2 Å². The summed E-state index contributed by atoms with van der Waals surface area (Å²) in [6, 6.07) is 0. The Balaban J connectivity index is 3.98. The van der Waals surface area contributed by atoms with Gasteiger partial charge in [0.25, 0.3) is 0 Å². The molecule has 124 valence electrons. The van der Waals surface area contributed by atoms with E-state index in [1.807, 2.05) is 0 Å². The number of nitrogens with two attached hydrogens (primary N) is 1. The van der Waals surface area contributed by atoms with Gasteiger partial charge in [0.15, 0.2) is 0 Å². The molecule has 0 aromatic carbocycles. The van der Waals surface area contributed by atoms with Gasteiger partial charge in [0.05, 0.1) is 5.83 Å². The van der Waals surface area contributed by atoms with Crippen molar-refractivity contribution in [2.24, 2.45) is 5.73 Å². The minimum atomic E-state index is -0.831. The Morgan fingerprint density at radius 3 is 2.43 bits per heavy atom. The molecule has 0 aliphatic heterocycles. The van der Waals surface area contributed by atoms with Crippen molar-refractivity contribution < 1.29 is 18.7 Å². The molecule has 1 amide bonds. The second-order valence-corrected chi connectivity index (χ2v) is 6.32. The monoisotopic (exact) mass is 304 g/mol. The molecule has 0 spiro atoms. The predicted molar refractivity (Wildman–Crippen MR) is 81.5 cm³/mol. The van der Waals surface area contributed by atoms with Gasteiger partial charge in [-0.25, -0.2) is 9.18 Å². The van der Waals surface area contributed by atoms with E-state index in [0.29, 0.717) is 26.0 Å². The molecule has 0 aromatic heterocycles. The van der Waals surface area contributed by atoms with E-state index in [9.17, 15) is 9.18 Å². The second-order valence-electron chi connectivity index (χ2n) is 6.32. The van der Waals surface area contributed by atoms with Gasteiger partial charge in [0, 0.05) is 13.0 Å². The van der Waals surface area contributed by atoms with E-state index in [0.717, 1.165) is 0 Å². The summed E-state index contributed by atoms with van der Waals surface area (Å²) in [5, 5.41) is 2.64. The zero-order valence-electron chi connectivity index (χ0n) is 13.8. The highest BCUT2D eigenvalue weighted by Crippen LogP contribution is 2.11. The molecule has 0 fully saturated rings. The van der Waals surface area contributed by atoms with Gasteiger partial charge in [0.1, 0.15) is 11.3 Å². The molecule has 0 aliphatic rings. The Kier molecular flexibility index (Phi) is 8.51. The fraction of sp³-hybridized carbons (Fsp3) is 0.800. The number of hydrogen-bond acceptors (Lipinski definition) is 4. The number of carbonyl (C=O) groups is 1. The van der Waals surface area contributed by atoms with Crippen molar-refractivity contribution in [2.75, 3.05) is 13.2 Å². The average molecular weight is 304 g/mol. The molecule has 0 saturated carbocycles. The lowest BCUT2D eigenvalue weighted by molar-refractivity contribution is -0.0487. The lowest BCUT2D eigenvalue weighted by atomic mass is 10.2. The number of ether oxygens (including phenoxy) is 2. The van der Waals surface area contributed by atoms with Crippen molar-refractivity contribution in [3.8, 4) is 0 Å². The van der Waals surface area contributed by atoms with Gasteiger partial charge in [-0.05, 0) is 54.0 Å². The molecular weight excluding hydrogens is 275 g/mol. The van der Waals surface area contributed by atoms with Gasteiger partial charge in [-0.1, -0.05) is 6.08 Å². The molecule has 0 atom stereocenters. The number of halogens is 1. The fourth-order valence-electron chi connectivity index (χ4n) is 1.49. The minimum Gasteiger partial charge on any atom is -0.444 e. The van der Waals surface area contributed by atoms with Crippen LogP contribution in [0.4, 0.5) is 9.18 Å². The van der Waals surface area contributed by atoms with Crippen molar-refractivity contribution in [2.45, 2.75) is 65.2 Å². The van der Waals surface area contributed by atoms with Crippen LogP contribution in [0, 0.1) is 0 Å². The molecule has 0 bridgehead atoms. The van der Waals surface area contributed by atoms with Crippen molar-refractivity contribution in [1.82, 2.24) is 5.32 Å². The summed E-state index contributed by atoms with van der Waals surface area (Å²) in [5.41, 5.74) is 3.87. The van der Waals surface area contributed by atoms with Crippen molar-refractivity contribution >= 4 is 6.09 Å². The number of amides is 1. The van der Waals surface area contributed by atoms with E-state index < -0.39 is 17.4 Å². The molecule has 0 aromatic rings. The van der Waals surface area contributed by atoms with E-state index in [-0.39, 0.29) is 12.2 Å². The molecule has 5 nitrogen and oxygen atoms in total. The molecule has 0 heterocycles. The summed E-state index contributed by atoms with van der Waals surface area (Å²) in [6.45, 7) is 9.58. The van der Waals surface area contributed by atoms with Crippen LogP contribution in [0.1, 0.15) is 53.9 Å².